The second-order valence-electron chi connectivity index (χ2n) is 2.60. The standard InChI is InChI=1S/C8H13N3OS/c9-8(11-12)3-4-10-6-7-2-1-5-13-7/h1-2,5,10,12H,3-4,6H2,(H2,9,11). The quantitative estimate of drug-likeness (QED) is 0.217. The van der Waals surface area contributed by atoms with E-state index in [-0.39, 0.29) is 5.84 Å². The molecule has 0 saturated carbocycles. The van der Waals surface area contributed by atoms with Gasteiger partial charge in [-0.2, -0.15) is 0 Å². The summed E-state index contributed by atoms with van der Waals surface area (Å²) in [6.45, 7) is 1.57. The third kappa shape index (κ3) is 3.91. The second kappa shape index (κ2) is 5.55. The molecule has 1 aromatic heterocycles. The van der Waals surface area contributed by atoms with E-state index in [0.29, 0.717) is 6.42 Å². The molecule has 0 fully saturated rings. The maximum atomic E-state index is 8.26. The first-order chi connectivity index (χ1) is 6.33. The zero-order valence-corrected chi connectivity index (χ0v) is 8.05. The average molecular weight is 199 g/mol. The van der Waals surface area contributed by atoms with Crippen LogP contribution in [-0.4, -0.2) is 17.6 Å². The Labute approximate surface area is 81.1 Å². The number of thiophene rings is 1. The highest BCUT2D eigenvalue weighted by molar-refractivity contribution is 7.09. The lowest BCUT2D eigenvalue weighted by atomic mass is 10.4. The largest absolute Gasteiger partial charge is 0.409 e. The molecular formula is C8H13N3OS. The number of rotatable bonds is 5. The summed E-state index contributed by atoms with van der Waals surface area (Å²) < 4.78 is 0. The number of nitrogens with zero attached hydrogens (tertiary/aromatic N) is 1. The molecule has 4 N–H and O–H groups in total. The first-order valence-electron chi connectivity index (χ1n) is 4.02. The van der Waals surface area contributed by atoms with Gasteiger partial charge in [0.2, 0.25) is 0 Å². The van der Waals surface area contributed by atoms with Gasteiger partial charge in [0.05, 0.1) is 0 Å². The first kappa shape index (κ1) is 10.0. The van der Waals surface area contributed by atoms with Gasteiger partial charge in [-0.15, -0.1) is 11.3 Å². The van der Waals surface area contributed by atoms with Crippen LogP contribution in [0.1, 0.15) is 11.3 Å². The maximum absolute atomic E-state index is 8.26. The molecule has 0 radical (unpaired) electrons. The van der Waals surface area contributed by atoms with Crippen molar-refractivity contribution in [2.45, 2.75) is 13.0 Å². The van der Waals surface area contributed by atoms with Gasteiger partial charge in [0.25, 0.3) is 0 Å². The van der Waals surface area contributed by atoms with Gasteiger partial charge in [-0.3, -0.25) is 0 Å². The molecule has 13 heavy (non-hydrogen) atoms. The summed E-state index contributed by atoms with van der Waals surface area (Å²) in [5.74, 6) is 0.263. The highest BCUT2D eigenvalue weighted by Crippen LogP contribution is 2.06. The van der Waals surface area contributed by atoms with E-state index in [9.17, 15) is 0 Å². The molecule has 0 saturated heterocycles. The van der Waals surface area contributed by atoms with Gasteiger partial charge in [-0.05, 0) is 11.4 Å². The van der Waals surface area contributed by atoms with Crippen LogP contribution in [0.15, 0.2) is 22.7 Å². The fraction of sp³-hybridized carbons (Fsp3) is 0.375. The smallest absolute Gasteiger partial charge is 0.140 e. The van der Waals surface area contributed by atoms with Crippen molar-refractivity contribution < 1.29 is 5.21 Å². The van der Waals surface area contributed by atoms with E-state index >= 15 is 0 Å². The van der Waals surface area contributed by atoms with Crippen LogP contribution in [0.5, 0.6) is 0 Å². The highest BCUT2D eigenvalue weighted by atomic mass is 32.1. The fourth-order valence-electron chi connectivity index (χ4n) is 0.891. The van der Waals surface area contributed by atoms with Crippen LogP contribution in [0.2, 0.25) is 0 Å². The Bertz CT molecular complexity index is 258. The van der Waals surface area contributed by atoms with Crippen LogP contribution >= 0.6 is 11.3 Å². The Balaban J connectivity index is 2.08. The van der Waals surface area contributed by atoms with Gasteiger partial charge in [-0.1, -0.05) is 11.2 Å². The lowest BCUT2D eigenvalue weighted by molar-refractivity contribution is 0.316. The number of hydrogen-bond acceptors (Lipinski definition) is 4. The van der Waals surface area contributed by atoms with Gasteiger partial charge >= 0.3 is 0 Å². The summed E-state index contributed by atoms with van der Waals surface area (Å²) >= 11 is 1.71. The molecule has 1 rings (SSSR count). The zero-order valence-electron chi connectivity index (χ0n) is 7.23. The molecule has 0 atom stereocenters. The Kier molecular flexibility index (Phi) is 4.28. The van der Waals surface area contributed by atoms with Gasteiger partial charge in [0.15, 0.2) is 0 Å². The van der Waals surface area contributed by atoms with Crippen molar-refractivity contribution in [1.82, 2.24) is 5.32 Å². The lowest BCUT2D eigenvalue weighted by Crippen LogP contribution is -2.21. The molecule has 0 aliphatic heterocycles. The van der Waals surface area contributed by atoms with Crippen LogP contribution in [-0.2, 0) is 6.54 Å². The molecule has 0 unspecified atom stereocenters. The van der Waals surface area contributed by atoms with E-state index in [4.69, 9.17) is 10.9 Å². The predicted molar refractivity (Wildman–Crippen MR) is 54.1 cm³/mol. The summed E-state index contributed by atoms with van der Waals surface area (Å²) in [5.41, 5.74) is 5.30. The van der Waals surface area contributed by atoms with E-state index in [0.717, 1.165) is 13.1 Å². The van der Waals surface area contributed by atoms with Crippen LogP contribution < -0.4 is 11.1 Å². The monoisotopic (exact) mass is 199 g/mol. The molecule has 0 aliphatic carbocycles. The minimum atomic E-state index is 0.263. The molecule has 0 aliphatic rings. The number of hydrogen-bond donors (Lipinski definition) is 3. The van der Waals surface area contributed by atoms with Gasteiger partial charge in [-0.25, -0.2) is 0 Å². The zero-order chi connectivity index (χ0) is 9.52. The predicted octanol–water partition coefficient (Wildman–Crippen LogP) is 0.974. The normalized spacial score (nSPS) is 11.8. The number of nitrogens with one attached hydrogen (secondary N) is 1. The Morgan fingerprint density at radius 2 is 2.54 bits per heavy atom. The summed E-state index contributed by atoms with van der Waals surface area (Å²) in [4.78, 5) is 1.29. The molecule has 72 valence electrons. The van der Waals surface area contributed by atoms with Crippen molar-refractivity contribution in [1.29, 1.82) is 0 Å². The molecule has 4 nitrogen and oxygen atoms in total. The van der Waals surface area contributed by atoms with E-state index < -0.39 is 0 Å². The van der Waals surface area contributed by atoms with Crippen molar-refractivity contribution in [3.05, 3.63) is 22.4 Å². The number of amidine groups is 1. The molecule has 0 spiro atoms. The van der Waals surface area contributed by atoms with Crippen molar-refractivity contribution in [3.63, 3.8) is 0 Å². The fourth-order valence-corrected chi connectivity index (χ4v) is 1.57. The third-order valence-electron chi connectivity index (χ3n) is 1.57. The highest BCUT2D eigenvalue weighted by Gasteiger charge is 1.94. The summed E-state index contributed by atoms with van der Waals surface area (Å²) in [6.07, 6.45) is 0.571. The second-order valence-corrected chi connectivity index (χ2v) is 3.63. The Morgan fingerprint density at radius 3 is 3.15 bits per heavy atom. The van der Waals surface area contributed by atoms with E-state index in [1.54, 1.807) is 11.3 Å². The van der Waals surface area contributed by atoms with Crippen LogP contribution in [0.3, 0.4) is 0 Å². The minimum Gasteiger partial charge on any atom is -0.409 e. The van der Waals surface area contributed by atoms with Gasteiger partial charge in [0, 0.05) is 24.4 Å². The molecular weight excluding hydrogens is 186 g/mol. The molecule has 5 heteroatoms. The Hall–Kier alpha value is -1.07. The molecule has 1 aromatic rings. The van der Waals surface area contributed by atoms with Crippen molar-refractivity contribution in [3.8, 4) is 0 Å². The summed E-state index contributed by atoms with van der Waals surface area (Å²) in [6, 6.07) is 4.09. The number of oxime groups is 1. The summed E-state index contributed by atoms with van der Waals surface area (Å²) in [5, 5.41) is 16.4. The van der Waals surface area contributed by atoms with Crippen molar-refractivity contribution >= 4 is 17.2 Å². The Morgan fingerprint density at radius 1 is 1.69 bits per heavy atom. The van der Waals surface area contributed by atoms with E-state index in [1.807, 2.05) is 11.4 Å². The van der Waals surface area contributed by atoms with Gasteiger partial charge < -0.3 is 16.3 Å². The molecule has 0 amide bonds. The van der Waals surface area contributed by atoms with Crippen LogP contribution in [0, 0.1) is 0 Å². The van der Waals surface area contributed by atoms with E-state index in [2.05, 4.69) is 16.5 Å². The lowest BCUT2D eigenvalue weighted by Gasteiger charge is -2.01. The van der Waals surface area contributed by atoms with Crippen LogP contribution in [0.25, 0.3) is 0 Å². The third-order valence-corrected chi connectivity index (χ3v) is 2.44. The van der Waals surface area contributed by atoms with Crippen LogP contribution in [0.4, 0.5) is 0 Å². The van der Waals surface area contributed by atoms with E-state index in [1.165, 1.54) is 4.88 Å². The van der Waals surface area contributed by atoms with Gasteiger partial charge in [0.1, 0.15) is 5.84 Å². The summed E-state index contributed by atoms with van der Waals surface area (Å²) in [7, 11) is 0. The topological polar surface area (TPSA) is 70.6 Å². The first-order valence-corrected chi connectivity index (χ1v) is 4.90. The molecule has 0 bridgehead atoms. The number of nitrogens with two attached hydrogens (primary N) is 1. The minimum absolute atomic E-state index is 0.263. The maximum Gasteiger partial charge on any atom is 0.140 e. The van der Waals surface area contributed by atoms with Crippen molar-refractivity contribution in [2.24, 2.45) is 10.9 Å². The SMILES string of the molecule is N/C(CCNCc1cccs1)=N/O. The average Bonchev–Trinajstić information content (AvgIpc) is 2.64. The molecule has 0 aromatic carbocycles. The molecule has 1 heterocycles. The van der Waals surface area contributed by atoms with Crippen molar-refractivity contribution in [2.75, 3.05) is 6.54 Å².